The predicted octanol–water partition coefficient (Wildman–Crippen LogP) is 3.50. The van der Waals surface area contributed by atoms with E-state index in [1.165, 1.54) is 0 Å². The number of hydrogen-bond donors (Lipinski definition) is 1. The summed E-state index contributed by atoms with van der Waals surface area (Å²) in [6.07, 6.45) is 3.92. The maximum Gasteiger partial charge on any atom is 0.240 e. The van der Waals surface area contributed by atoms with Gasteiger partial charge < -0.3 is 9.47 Å². The fourth-order valence-corrected chi connectivity index (χ4v) is 2.24. The third-order valence-electron chi connectivity index (χ3n) is 2.70. The quantitative estimate of drug-likeness (QED) is 0.572. The molecule has 0 bridgehead atoms. The lowest BCUT2D eigenvalue weighted by atomic mass is 10.2. The summed E-state index contributed by atoms with van der Waals surface area (Å²) in [4.78, 5) is 11.4. The third kappa shape index (κ3) is 5.75. The minimum absolute atomic E-state index is 0.0786. The summed E-state index contributed by atoms with van der Waals surface area (Å²) in [5.74, 6) is 1.19. The number of halogens is 1. The summed E-state index contributed by atoms with van der Waals surface area (Å²) in [5, 5.41) is 3.94. The van der Waals surface area contributed by atoms with Gasteiger partial charge in [-0.25, -0.2) is 5.43 Å². The van der Waals surface area contributed by atoms with Crippen LogP contribution in [0.1, 0.15) is 38.7 Å². The molecule has 6 heteroatoms. The summed E-state index contributed by atoms with van der Waals surface area (Å²) < 4.78 is 11.6. The van der Waals surface area contributed by atoms with E-state index in [-0.39, 0.29) is 5.91 Å². The van der Waals surface area contributed by atoms with Crippen LogP contribution in [-0.2, 0) is 4.79 Å². The fourth-order valence-electron chi connectivity index (χ4n) is 1.67. The van der Waals surface area contributed by atoms with Crippen molar-refractivity contribution in [2.24, 2.45) is 5.10 Å². The van der Waals surface area contributed by atoms with Crippen LogP contribution < -0.4 is 14.9 Å². The number of rotatable bonds is 8. The van der Waals surface area contributed by atoms with Crippen molar-refractivity contribution in [2.45, 2.75) is 33.1 Å². The summed E-state index contributed by atoms with van der Waals surface area (Å²) in [5.41, 5.74) is 3.31. The van der Waals surface area contributed by atoms with Gasteiger partial charge in [-0.05, 0) is 47.0 Å². The van der Waals surface area contributed by atoms with E-state index < -0.39 is 0 Å². The van der Waals surface area contributed by atoms with Gasteiger partial charge in [-0.3, -0.25) is 4.79 Å². The Balaban J connectivity index is 2.75. The van der Waals surface area contributed by atoms with Crippen molar-refractivity contribution in [3.63, 3.8) is 0 Å². The summed E-state index contributed by atoms with van der Waals surface area (Å²) in [6, 6.07) is 3.66. The highest BCUT2D eigenvalue weighted by Gasteiger charge is 2.10. The zero-order valence-electron chi connectivity index (χ0n) is 12.6. The highest BCUT2D eigenvalue weighted by atomic mass is 79.9. The standard InChI is InChI=1S/C15H21BrN2O3/c1-4-6-7-14(19)18-17-10-11-8-12(16)15(21-5-2)13(9-11)20-3/h8-10H,4-7H2,1-3H3,(H,18,19)/b17-10+. The largest absolute Gasteiger partial charge is 0.493 e. The molecule has 0 saturated carbocycles. The van der Waals surface area contributed by atoms with Gasteiger partial charge in [0.05, 0.1) is 24.4 Å². The van der Waals surface area contributed by atoms with Crippen molar-refractivity contribution in [3.8, 4) is 11.5 Å². The predicted molar refractivity (Wildman–Crippen MR) is 87.1 cm³/mol. The highest BCUT2D eigenvalue weighted by molar-refractivity contribution is 9.10. The van der Waals surface area contributed by atoms with Crippen LogP contribution in [0.4, 0.5) is 0 Å². The lowest BCUT2D eigenvalue weighted by Crippen LogP contribution is -2.16. The van der Waals surface area contributed by atoms with Crippen molar-refractivity contribution in [2.75, 3.05) is 13.7 Å². The Labute approximate surface area is 133 Å². The van der Waals surface area contributed by atoms with Crippen molar-refractivity contribution < 1.29 is 14.3 Å². The number of benzene rings is 1. The molecule has 1 aromatic carbocycles. The van der Waals surface area contributed by atoms with Crippen molar-refractivity contribution in [1.82, 2.24) is 5.43 Å². The van der Waals surface area contributed by atoms with E-state index in [2.05, 4.69) is 26.5 Å². The van der Waals surface area contributed by atoms with Crippen LogP contribution in [0, 0.1) is 0 Å². The lowest BCUT2D eigenvalue weighted by Gasteiger charge is -2.11. The van der Waals surface area contributed by atoms with Crippen LogP contribution in [0.15, 0.2) is 21.7 Å². The van der Waals surface area contributed by atoms with Gasteiger partial charge in [0.1, 0.15) is 0 Å². The molecule has 0 atom stereocenters. The molecule has 0 aromatic heterocycles. The molecule has 116 valence electrons. The van der Waals surface area contributed by atoms with E-state index >= 15 is 0 Å². The fraction of sp³-hybridized carbons (Fsp3) is 0.467. The summed E-state index contributed by atoms with van der Waals surface area (Å²) >= 11 is 3.44. The highest BCUT2D eigenvalue weighted by Crippen LogP contribution is 2.36. The maximum absolute atomic E-state index is 11.4. The van der Waals surface area contributed by atoms with Crippen LogP contribution >= 0.6 is 15.9 Å². The molecule has 0 fully saturated rings. The number of amides is 1. The van der Waals surface area contributed by atoms with E-state index in [0.29, 0.717) is 24.5 Å². The number of hydrazone groups is 1. The molecule has 5 nitrogen and oxygen atoms in total. The number of nitrogens with one attached hydrogen (secondary N) is 1. The molecule has 21 heavy (non-hydrogen) atoms. The second-order valence-corrected chi connectivity index (χ2v) is 5.22. The number of carbonyl (C=O) groups is 1. The molecule has 1 aromatic rings. The Kier molecular flexibility index (Phi) is 7.82. The van der Waals surface area contributed by atoms with Gasteiger partial charge in [0.2, 0.25) is 5.91 Å². The monoisotopic (exact) mass is 356 g/mol. The molecule has 1 N–H and O–H groups in total. The molecule has 0 heterocycles. The smallest absolute Gasteiger partial charge is 0.240 e. The Morgan fingerprint density at radius 3 is 2.81 bits per heavy atom. The first-order valence-electron chi connectivity index (χ1n) is 6.94. The second-order valence-electron chi connectivity index (χ2n) is 4.36. The Bertz CT molecular complexity index is 504. The van der Waals surface area contributed by atoms with E-state index in [1.54, 1.807) is 19.4 Å². The van der Waals surface area contributed by atoms with Crippen LogP contribution in [0.2, 0.25) is 0 Å². The minimum Gasteiger partial charge on any atom is -0.493 e. The zero-order valence-corrected chi connectivity index (χ0v) is 14.2. The second kappa shape index (κ2) is 9.39. The zero-order chi connectivity index (χ0) is 15.7. The Morgan fingerprint density at radius 2 is 2.19 bits per heavy atom. The van der Waals surface area contributed by atoms with Crippen LogP contribution in [0.3, 0.4) is 0 Å². The SMILES string of the molecule is CCCCC(=O)N/N=C/c1cc(Br)c(OCC)c(OC)c1. The van der Waals surface area contributed by atoms with Crippen molar-refractivity contribution in [1.29, 1.82) is 0 Å². The van der Waals surface area contributed by atoms with Crippen LogP contribution in [0.25, 0.3) is 0 Å². The van der Waals surface area contributed by atoms with E-state index in [1.807, 2.05) is 19.9 Å². The van der Waals surface area contributed by atoms with E-state index in [0.717, 1.165) is 22.9 Å². The number of methoxy groups -OCH3 is 1. The van der Waals surface area contributed by atoms with Crippen LogP contribution in [0.5, 0.6) is 11.5 Å². The molecule has 0 radical (unpaired) electrons. The van der Waals surface area contributed by atoms with Gasteiger partial charge in [0.15, 0.2) is 11.5 Å². The molecular formula is C15H21BrN2O3. The van der Waals surface area contributed by atoms with Gasteiger partial charge in [0.25, 0.3) is 0 Å². The normalized spacial score (nSPS) is 10.7. The lowest BCUT2D eigenvalue weighted by molar-refractivity contribution is -0.121. The van der Waals surface area contributed by atoms with Crippen molar-refractivity contribution in [3.05, 3.63) is 22.2 Å². The van der Waals surface area contributed by atoms with Crippen molar-refractivity contribution >= 4 is 28.1 Å². The number of carbonyl (C=O) groups excluding carboxylic acids is 1. The summed E-state index contributed by atoms with van der Waals surface area (Å²) in [7, 11) is 1.58. The topological polar surface area (TPSA) is 59.9 Å². The van der Waals surface area contributed by atoms with Gasteiger partial charge in [-0.15, -0.1) is 0 Å². The molecule has 1 rings (SSSR count). The molecular weight excluding hydrogens is 336 g/mol. The molecule has 1 amide bonds. The van der Waals surface area contributed by atoms with E-state index in [4.69, 9.17) is 9.47 Å². The third-order valence-corrected chi connectivity index (χ3v) is 3.29. The minimum atomic E-state index is -0.0786. The first kappa shape index (κ1) is 17.5. The van der Waals surface area contributed by atoms with Gasteiger partial charge in [-0.2, -0.15) is 5.10 Å². The van der Waals surface area contributed by atoms with Gasteiger partial charge in [-0.1, -0.05) is 13.3 Å². The first-order valence-corrected chi connectivity index (χ1v) is 7.73. The Hall–Kier alpha value is -1.56. The number of ether oxygens (including phenoxy) is 2. The first-order chi connectivity index (χ1) is 10.1. The average molecular weight is 357 g/mol. The number of nitrogens with zero attached hydrogens (tertiary/aromatic N) is 1. The van der Waals surface area contributed by atoms with Crippen LogP contribution in [-0.4, -0.2) is 25.8 Å². The van der Waals surface area contributed by atoms with Gasteiger partial charge >= 0.3 is 0 Å². The number of unbranched alkanes of at least 4 members (excludes halogenated alkanes) is 1. The molecule has 0 spiro atoms. The molecule has 0 aliphatic carbocycles. The molecule has 0 aliphatic heterocycles. The Morgan fingerprint density at radius 1 is 1.43 bits per heavy atom. The molecule has 0 aliphatic rings. The number of hydrogen-bond acceptors (Lipinski definition) is 4. The molecule has 0 saturated heterocycles. The summed E-state index contributed by atoms with van der Waals surface area (Å²) in [6.45, 7) is 4.50. The maximum atomic E-state index is 11.4. The molecule has 0 unspecified atom stereocenters. The van der Waals surface area contributed by atoms with E-state index in [9.17, 15) is 4.79 Å². The van der Waals surface area contributed by atoms with Gasteiger partial charge in [0, 0.05) is 6.42 Å². The average Bonchev–Trinajstić information content (AvgIpc) is 2.47.